The number of halogens is 1. The molecule has 0 bridgehead atoms. The predicted octanol–water partition coefficient (Wildman–Crippen LogP) is 3.52. The molecule has 2 fully saturated rings. The van der Waals surface area contributed by atoms with Crippen molar-refractivity contribution in [2.45, 2.75) is 57.9 Å². The number of anilines is 1. The van der Waals surface area contributed by atoms with E-state index >= 15 is 0 Å². The summed E-state index contributed by atoms with van der Waals surface area (Å²) >= 11 is 5.94. The lowest BCUT2D eigenvalue weighted by Gasteiger charge is -2.36. The quantitative estimate of drug-likeness (QED) is 0.308. The summed E-state index contributed by atoms with van der Waals surface area (Å²) in [5, 5.41) is 11.5. The number of esters is 1. The second kappa shape index (κ2) is 7.73. The number of carbonyl (C=O) groups excluding carboxylic acids is 1. The van der Waals surface area contributed by atoms with Crippen molar-refractivity contribution in [3.05, 3.63) is 21.6 Å². The molecular formula is C17H23ClN4O4. The van der Waals surface area contributed by atoms with Crippen molar-refractivity contribution < 1.29 is 14.5 Å². The molecule has 0 N–H and O–H groups in total. The molecule has 2 aliphatic carbocycles. The summed E-state index contributed by atoms with van der Waals surface area (Å²) < 4.78 is 5.24. The minimum absolute atomic E-state index is 0.0348. The van der Waals surface area contributed by atoms with Gasteiger partial charge in [-0.3, -0.25) is 14.9 Å². The molecule has 0 amide bonds. The van der Waals surface area contributed by atoms with Crippen LogP contribution >= 0.6 is 11.6 Å². The minimum Gasteiger partial charge on any atom is -0.466 e. The number of rotatable bonds is 7. The highest BCUT2D eigenvalue weighted by Crippen LogP contribution is 2.49. The Labute approximate surface area is 157 Å². The van der Waals surface area contributed by atoms with E-state index in [-0.39, 0.29) is 28.8 Å². The Balaban J connectivity index is 1.96. The third-order valence-corrected chi connectivity index (χ3v) is 5.42. The van der Waals surface area contributed by atoms with E-state index in [0.29, 0.717) is 13.2 Å². The third kappa shape index (κ3) is 3.90. The molecule has 0 unspecified atom stereocenters. The normalized spacial score (nSPS) is 19.0. The van der Waals surface area contributed by atoms with Crippen molar-refractivity contribution in [2.24, 2.45) is 5.41 Å². The molecule has 0 radical (unpaired) electrons. The van der Waals surface area contributed by atoms with Crippen LogP contribution in [0.2, 0.25) is 5.28 Å². The zero-order valence-corrected chi connectivity index (χ0v) is 15.6. The monoisotopic (exact) mass is 382 g/mol. The molecule has 1 aromatic heterocycles. The van der Waals surface area contributed by atoms with E-state index in [1.165, 1.54) is 0 Å². The van der Waals surface area contributed by atoms with Crippen LogP contribution in [0, 0.1) is 15.5 Å². The fraction of sp³-hybridized carbons (Fsp3) is 0.706. The van der Waals surface area contributed by atoms with Crippen LogP contribution in [0.1, 0.15) is 51.9 Å². The minimum atomic E-state index is -0.598. The highest BCUT2D eigenvalue weighted by molar-refractivity contribution is 6.28. The van der Waals surface area contributed by atoms with Crippen molar-refractivity contribution in [1.29, 1.82) is 0 Å². The lowest BCUT2D eigenvalue weighted by molar-refractivity contribution is -0.384. The molecule has 0 aliphatic heterocycles. The van der Waals surface area contributed by atoms with Gasteiger partial charge in [-0.05, 0) is 44.2 Å². The average molecular weight is 383 g/mol. The molecule has 1 heterocycles. The Morgan fingerprint density at radius 2 is 2.12 bits per heavy atom. The molecule has 142 valence electrons. The lowest BCUT2D eigenvalue weighted by atomic mass is 9.92. The van der Waals surface area contributed by atoms with Crippen LogP contribution in [0.25, 0.3) is 0 Å². The van der Waals surface area contributed by atoms with Crippen LogP contribution in [-0.2, 0) is 9.53 Å². The smallest absolute Gasteiger partial charge is 0.329 e. The summed E-state index contributed by atoms with van der Waals surface area (Å²) in [6.45, 7) is 2.47. The Morgan fingerprint density at radius 3 is 2.69 bits per heavy atom. The Kier molecular flexibility index (Phi) is 5.60. The van der Waals surface area contributed by atoms with Gasteiger partial charge in [0.15, 0.2) is 0 Å². The summed E-state index contributed by atoms with van der Waals surface area (Å²) in [6.07, 6.45) is 7.68. The van der Waals surface area contributed by atoms with Crippen molar-refractivity contribution in [2.75, 3.05) is 18.1 Å². The van der Waals surface area contributed by atoms with E-state index in [9.17, 15) is 14.9 Å². The Morgan fingerprint density at radius 1 is 1.42 bits per heavy atom. The first-order valence-corrected chi connectivity index (χ1v) is 9.45. The molecule has 3 rings (SSSR count). The molecule has 0 atom stereocenters. The van der Waals surface area contributed by atoms with E-state index in [2.05, 4.69) is 9.97 Å². The number of carbonyl (C=O) groups is 1. The third-order valence-electron chi connectivity index (χ3n) is 5.24. The van der Waals surface area contributed by atoms with Gasteiger partial charge in [0.2, 0.25) is 11.1 Å². The number of hydrogen-bond acceptors (Lipinski definition) is 7. The summed E-state index contributed by atoms with van der Waals surface area (Å²) in [7, 11) is 0. The number of aromatic nitrogens is 2. The van der Waals surface area contributed by atoms with Crippen LogP contribution in [-0.4, -0.2) is 40.1 Å². The van der Waals surface area contributed by atoms with Gasteiger partial charge in [-0.25, -0.2) is 4.98 Å². The largest absolute Gasteiger partial charge is 0.466 e. The predicted molar refractivity (Wildman–Crippen MR) is 96.2 cm³/mol. The summed E-state index contributed by atoms with van der Waals surface area (Å²) in [6, 6.07) is 0.0975. The van der Waals surface area contributed by atoms with E-state index in [1.807, 2.05) is 4.90 Å². The highest BCUT2D eigenvalue weighted by atomic mass is 35.5. The molecule has 8 nitrogen and oxygen atoms in total. The molecular weight excluding hydrogens is 360 g/mol. The second-order valence-corrected chi connectivity index (χ2v) is 7.36. The van der Waals surface area contributed by atoms with Gasteiger partial charge in [0, 0.05) is 12.6 Å². The van der Waals surface area contributed by atoms with Gasteiger partial charge in [0.1, 0.15) is 6.20 Å². The van der Waals surface area contributed by atoms with Gasteiger partial charge in [-0.1, -0.05) is 19.3 Å². The summed E-state index contributed by atoms with van der Waals surface area (Å²) in [4.78, 5) is 33.3. The highest BCUT2D eigenvalue weighted by Gasteiger charge is 2.53. The molecule has 0 aromatic carbocycles. The fourth-order valence-electron chi connectivity index (χ4n) is 3.64. The van der Waals surface area contributed by atoms with Crippen molar-refractivity contribution in [3.8, 4) is 0 Å². The van der Waals surface area contributed by atoms with Gasteiger partial charge < -0.3 is 9.64 Å². The van der Waals surface area contributed by atoms with E-state index in [4.69, 9.17) is 16.3 Å². The van der Waals surface area contributed by atoms with Crippen LogP contribution in [0.4, 0.5) is 11.5 Å². The van der Waals surface area contributed by atoms with Crippen molar-refractivity contribution in [1.82, 2.24) is 9.97 Å². The lowest BCUT2D eigenvalue weighted by Crippen LogP contribution is -2.44. The number of nitrogens with zero attached hydrogens (tertiary/aromatic N) is 4. The molecule has 1 aromatic rings. The molecule has 26 heavy (non-hydrogen) atoms. The second-order valence-electron chi connectivity index (χ2n) is 7.03. The van der Waals surface area contributed by atoms with Gasteiger partial charge in [-0.15, -0.1) is 0 Å². The standard InChI is InChI=1S/C17H23ClN4O4/c1-2-26-15(23)17(8-9-17)11-21(12-6-4-3-5-7-12)14-13(22(24)25)10-19-16(18)20-14/h10,12H,2-9,11H2,1H3. The van der Waals surface area contributed by atoms with Crippen LogP contribution in [0.3, 0.4) is 0 Å². The molecule has 0 saturated heterocycles. The summed E-state index contributed by atoms with van der Waals surface area (Å²) in [5.41, 5.74) is -0.779. The first-order valence-electron chi connectivity index (χ1n) is 9.07. The molecule has 9 heteroatoms. The van der Waals surface area contributed by atoms with E-state index < -0.39 is 10.3 Å². The number of hydrogen-bond donors (Lipinski definition) is 0. The topological polar surface area (TPSA) is 98.5 Å². The van der Waals surface area contributed by atoms with Crippen LogP contribution < -0.4 is 4.90 Å². The van der Waals surface area contributed by atoms with Gasteiger partial charge in [0.05, 0.1) is 16.9 Å². The fourth-order valence-corrected chi connectivity index (χ4v) is 3.77. The van der Waals surface area contributed by atoms with Crippen molar-refractivity contribution in [3.63, 3.8) is 0 Å². The SMILES string of the molecule is CCOC(=O)C1(CN(c2nc(Cl)ncc2[N+](=O)[O-])C2CCCCC2)CC1. The zero-order valence-electron chi connectivity index (χ0n) is 14.8. The Bertz CT molecular complexity index is 689. The summed E-state index contributed by atoms with van der Waals surface area (Å²) in [5.74, 6) is -0.0268. The first-order chi connectivity index (χ1) is 12.5. The Hall–Kier alpha value is -1.96. The zero-order chi connectivity index (χ0) is 18.7. The maximum Gasteiger partial charge on any atom is 0.329 e. The maximum absolute atomic E-state index is 12.4. The number of ether oxygens (including phenoxy) is 1. The van der Waals surface area contributed by atoms with Crippen LogP contribution in [0.5, 0.6) is 0 Å². The molecule has 2 saturated carbocycles. The van der Waals surface area contributed by atoms with E-state index in [0.717, 1.165) is 51.1 Å². The first kappa shape index (κ1) is 18.8. The van der Waals surface area contributed by atoms with Crippen molar-refractivity contribution >= 4 is 29.1 Å². The van der Waals surface area contributed by atoms with Gasteiger partial charge in [-0.2, -0.15) is 4.98 Å². The maximum atomic E-state index is 12.4. The van der Waals surface area contributed by atoms with E-state index in [1.54, 1.807) is 6.92 Å². The van der Waals surface area contributed by atoms with Gasteiger partial charge >= 0.3 is 11.7 Å². The molecule has 0 spiro atoms. The van der Waals surface area contributed by atoms with Gasteiger partial charge in [0.25, 0.3) is 0 Å². The average Bonchev–Trinajstić information content (AvgIpc) is 3.41. The number of nitro groups is 1. The molecule has 2 aliphatic rings. The van der Waals surface area contributed by atoms with Crippen LogP contribution in [0.15, 0.2) is 6.20 Å².